The number of benzene rings is 1. The molecule has 0 saturated carbocycles. The highest BCUT2D eigenvalue weighted by Crippen LogP contribution is 2.38. The number of carbonyl (C=O) groups excluding carboxylic acids is 1. The summed E-state index contributed by atoms with van der Waals surface area (Å²) in [6.45, 7) is 0. The maximum atomic E-state index is 12.4. The fourth-order valence-electron chi connectivity index (χ4n) is 2.43. The van der Waals surface area contributed by atoms with E-state index in [1.54, 1.807) is 35.2 Å². The van der Waals surface area contributed by atoms with Gasteiger partial charge in [0.15, 0.2) is 15.8 Å². The highest BCUT2D eigenvalue weighted by atomic mass is 32.2. The Kier molecular flexibility index (Phi) is 7.12. The van der Waals surface area contributed by atoms with E-state index in [2.05, 4.69) is 21.6 Å². The first-order valence-corrected chi connectivity index (χ1v) is 10.9. The van der Waals surface area contributed by atoms with E-state index in [1.165, 1.54) is 37.5 Å². The number of nitrogens with one attached hydrogen (secondary N) is 1. The summed E-state index contributed by atoms with van der Waals surface area (Å²) >= 11 is 4.67. The number of carbonyl (C=O) groups is 1. The van der Waals surface area contributed by atoms with Gasteiger partial charge in [0.05, 0.1) is 27.8 Å². The van der Waals surface area contributed by atoms with Crippen molar-refractivity contribution in [2.45, 2.75) is 16.5 Å². The van der Waals surface area contributed by atoms with Crippen LogP contribution >= 0.6 is 34.4 Å². The van der Waals surface area contributed by atoms with Gasteiger partial charge in [-0.05, 0) is 29.1 Å². The average molecular weight is 438 g/mol. The van der Waals surface area contributed by atoms with Crippen molar-refractivity contribution in [1.82, 2.24) is 10.2 Å². The van der Waals surface area contributed by atoms with Gasteiger partial charge < -0.3 is 19.5 Å². The normalized spacial score (nSPS) is 10.5. The number of ether oxygens (including phenoxy) is 3. The quantitative estimate of drug-likeness (QED) is 0.399. The van der Waals surface area contributed by atoms with Crippen LogP contribution in [-0.4, -0.2) is 37.4 Å². The van der Waals surface area contributed by atoms with E-state index < -0.39 is 0 Å². The summed E-state index contributed by atoms with van der Waals surface area (Å²) in [5, 5.41) is 13.5. The third-order valence-corrected chi connectivity index (χ3v) is 6.74. The number of methoxy groups -OCH3 is 3. The van der Waals surface area contributed by atoms with Crippen LogP contribution in [-0.2, 0) is 17.0 Å². The van der Waals surface area contributed by atoms with Crippen molar-refractivity contribution in [1.29, 1.82) is 0 Å². The predicted molar refractivity (Wildman–Crippen MR) is 112 cm³/mol. The van der Waals surface area contributed by atoms with E-state index in [9.17, 15) is 4.79 Å². The molecular weight excluding hydrogens is 418 g/mol. The van der Waals surface area contributed by atoms with E-state index in [-0.39, 0.29) is 12.3 Å². The fourth-order valence-corrected chi connectivity index (χ4v) is 4.97. The Labute approximate surface area is 175 Å². The molecule has 2 heterocycles. The lowest BCUT2D eigenvalue weighted by Crippen LogP contribution is -2.14. The summed E-state index contributed by atoms with van der Waals surface area (Å²) in [5.41, 5.74) is 0.740. The number of hydrogen-bond acceptors (Lipinski definition) is 9. The lowest BCUT2D eigenvalue weighted by Gasteiger charge is -2.13. The third kappa shape index (κ3) is 5.15. The van der Waals surface area contributed by atoms with Gasteiger partial charge in [-0.25, -0.2) is 0 Å². The Morgan fingerprint density at radius 2 is 1.89 bits per heavy atom. The van der Waals surface area contributed by atoms with Crippen molar-refractivity contribution in [2.24, 2.45) is 0 Å². The van der Waals surface area contributed by atoms with Crippen LogP contribution in [0.2, 0.25) is 0 Å². The molecule has 0 spiro atoms. The molecule has 0 aliphatic carbocycles. The molecule has 1 aromatic carbocycles. The molecule has 0 unspecified atom stereocenters. The highest BCUT2D eigenvalue weighted by molar-refractivity contribution is 8.00. The van der Waals surface area contributed by atoms with Crippen LogP contribution in [0.15, 0.2) is 34.0 Å². The first-order chi connectivity index (χ1) is 13.6. The second kappa shape index (κ2) is 9.76. The SMILES string of the molecule is COc1cc(CC(=O)Nc2nnc(SCc3cccs3)s2)cc(OC)c1OC. The van der Waals surface area contributed by atoms with Gasteiger partial charge in [0.2, 0.25) is 16.8 Å². The highest BCUT2D eigenvalue weighted by Gasteiger charge is 2.16. The molecule has 0 aliphatic rings. The summed E-state index contributed by atoms with van der Waals surface area (Å²) in [6, 6.07) is 7.61. The zero-order valence-electron chi connectivity index (χ0n) is 15.6. The Morgan fingerprint density at radius 3 is 2.50 bits per heavy atom. The molecule has 7 nitrogen and oxygen atoms in total. The predicted octanol–water partition coefficient (Wildman–Crippen LogP) is 4.10. The number of amides is 1. The lowest BCUT2D eigenvalue weighted by molar-refractivity contribution is -0.115. The number of anilines is 1. The van der Waals surface area contributed by atoms with Crippen LogP contribution in [0, 0.1) is 0 Å². The summed E-state index contributed by atoms with van der Waals surface area (Å²) < 4.78 is 16.8. The Morgan fingerprint density at radius 1 is 1.14 bits per heavy atom. The molecule has 10 heteroatoms. The van der Waals surface area contributed by atoms with Gasteiger partial charge in [-0.2, -0.15) is 0 Å². The minimum absolute atomic E-state index is 0.147. The largest absolute Gasteiger partial charge is 0.493 e. The van der Waals surface area contributed by atoms with Crippen molar-refractivity contribution in [3.05, 3.63) is 40.1 Å². The third-order valence-electron chi connectivity index (χ3n) is 3.66. The van der Waals surface area contributed by atoms with Gasteiger partial charge in [0.25, 0.3) is 0 Å². The van der Waals surface area contributed by atoms with Crippen molar-refractivity contribution >= 4 is 45.5 Å². The summed E-state index contributed by atoms with van der Waals surface area (Å²) in [4.78, 5) is 13.7. The maximum Gasteiger partial charge on any atom is 0.230 e. The molecule has 1 N–H and O–H groups in total. The van der Waals surface area contributed by atoms with Crippen LogP contribution in [0.3, 0.4) is 0 Å². The molecule has 0 bridgehead atoms. The zero-order chi connectivity index (χ0) is 19.9. The average Bonchev–Trinajstić information content (AvgIpc) is 3.37. The molecule has 0 saturated heterocycles. The first-order valence-electron chi connectivity index (χ1n) is 8.20. The number of thiophene rings is 1. The smallest absolute Gasteiger partial charge is 0.230 e. The van der Waals surface area contributed by atoms with Gasteiger partial charge >= 0.3 is 0 Å². The first kappa shape index (κ1) is 20.4. The van der Waals surface area contributed by atoms with E-state index in [0.29, 0.717) is 22.4 Å². The molecule has 0 radical (unpaired) electrons. The molecule has 0 atom stereocenters. The molecule has 3 aromatic rings. The molecule has 148 valence electrons. The van der Waals surface area contributed by atoms with Gasteiger partial charge in [-0.1, -0.05) is 29.2 Å². The number of thioether (sulfide) groups is 1. The number of rotatable bonds is 9. The fraction of sp³-hybridized carbons (Fsp3) is 0.278. The van der Waals surface area contributed by atoms with Crippen LogP contribution in [0.5, 0.6) is 17.2 Å². The van der Waals surface area contributed by atoms with Crippen molar-refractivity contribution < 1.29 is 19.0 Å². The summed E-state index contributed by atoms with van der Waals surface area (Å²) in [7, 11) is 4.62. The number of aromatic nitrogens is 2. The summed E-state index contributed by atoms with van der Waals surface area (Å²) in [6.07, 6.45) is 0.147. The van der Waals surface area contributed by atoms with Gasteiger partial charge in [-0.3, -0.25) is 4.79 Å². The topological polar surface area (TPSA) is 82.6 Å². The molecule has 28 heavy (non-hydrogen) atoms. The van der Waals surface area contributed by atoms with Crippen LogP contribution in [0.4, 0.5) is 5.13 Å². The minimum atomic E-state index is -0.194. The van der Waals surface area contributed by atoms with E-state index in [1.807, 2.05) is 11.4 Å². The van der Waals surface area contributed by atoms with Gasteiger partial charge in [-0.15, -0.1) is 21.5 Å². The molecule has 3 rings (SSSR count). The Hall–Kier alpha value is -2.30. The van der Waals surface area contributed by atoms with Crippen molar-refractivity contribution in [3.63, 3.8) is 0 Å². The molecule has 1 amide bonds. The Balaban J connectivity index is 1.61. The summed E-state index contributed by atoms with van der Waals surface area (Å²) in [5.74, 6) is 2.15. The van der Waals surface area contributed by atoms with Crippen LogP contribution < -0.4 is 19.5 Å². The van der Waals surface area contributed by atoms with Crippen molar-refractivity contribution in [2.75, 3.05) is 26.6 Å². The minimum Gasteiger partial charge on any atom is -0.493 e. The van der Waals surface area contributed by atoms with E-state index in [4.69, 9.17) is 14.2 Å². The van der Waals surface area contributed by atoms with E-state index >= 15 is 0 Å². The molecule has 2 aromatic heterocycles. The number of hydrogen-bond donors (Lipinski definition) is 1. The molecular formula is C18H19N3O4S3. The van der Waals surface area contributed by atoms with E-state index in [0.717, 1.165) is 15.7 Å². The zero-order valence-corrected chi connectivity index (χ0v) is 18.0. The maximum absolute atomic E-state index is 12.4. The van der Waals surface area contributed by atoms with Crippen molar-refractivity contribution in [3.8, 4) is 17.2 Å². The molecule has 0 aliphatic heterocycles. The second-order valence-corrected chi connectivity index (χ2v) is 8.73. The van der Waals surface area contributed by atoms with Gasteiger partial charge in [0.1, 0.15) is 0 Å². The second-order valence-electron chi connectivity index (χ2n) is 5.50. The monoisotopic (exact) mass is 437 g/mol. The van der Waals surface area contributed by atoms with Crippen LogP contribution in [0.25, 0.3) is 0 Å². The standard InChI is InChI=1S/C18H19N3O4S3/c1-23-13-7-11(8-14(24-2)16(13)25-3)9-15(22)19-17-20-21-18(28-17)27-10-12-5-4-6-26-12/h4-8H,9-10H2,1-3H3,(H,19,20,22). The number of nitrogens with zero attached hydrogens (tertiary/aromatic N) is 2. The van der Waals surface area contributed by atoms with Crippen LogP contribution in [0.1, 0.15) is 10.4 Å². The molecule has 0 fully saturated rings. The lowest BCUT2D eigenvalue weighted by atomic mass is 10.1. The Bertz CT molecular complexity index is 903. The van der Waals surface area contributed by atoms with Gasteiger partial charge in [0, 0.05) is 10.6 Å².